The highest BCUT2D eigenvalue weighted by Crippen LogP contribution is 2.26. The Hall–Kier alpha value is -2.63. The zero-order valence-electron chi connectivity index (χ0n) is 11.8. The SMILES string of the molecule is CCN(c1ccc(F)cc1)c1cc(C(=O)OC)c(N)cn1. The van der Waals surface area contributed by atoms with Gasteiger partial charge >= 0.3 is 5.97 Å². The van der Waals surface area contributed by atoms with E-state index in [-0.39, 0.29) is 17.1 Å². The number of pyridine rings is 1. The number of halogens is 1. The maximum absolute atomic E-state index is 13.0. The van der Waals surface area contributed by atoms with Crippen molar-refractivity contribution in [3.8, 4) is 0 Å². The lowest BCUT2D eigenvalue weighted by Crippen LogP contribution is -2.18. The number of nitrogens with zero attached hydrogens (tertiary/aromatic N) is 2. The van der Waals surface area contributed by atoms with E-state index in [1.165, 1.54) is 25.4 Å². The summed E-state index contributed by atoms with van der Waals surface area (Å²) < 4.78 is 17.7. The van der Waals surface area contributed by atoms with Crippen molar-refractivity contribution in [2.24, 2.45) is 0 Å². The van der Waals surface area contributed by atoms with Crippen LogP contribution in [0.3, 0.4) is 0 Å². The highest BCUT2D eigenvalue weighted by molar-refractivity contribution is 5.95. The van der Waals surface area contributed by atoms with Gasteiger partial charge in [-0.3, -0.25) is 0 Å². The molecule has 0 aliphatic rings. The molecule has 5 nitrogen and oxygen atoms in total. The fourth-order valence-electron chi connectivity index (χ4n) is 1.99. The molecule has 0 fully saturated rings. The molecule has 2 aromatic rings. The van der Waals surface area contributed by atoms with Crippen molar-refractivity contribution < 1.29 is 13.9 Å². The fraction of sp³-hybridized carbons (Fsp3) is 0.200. The molecule has 0 saturated carbocycles. The number of nitrogens with two attached hydrogens (primary N) is 1. The predicted molar refractivity (Wildman–Crippen MR) is 79.1 cm³/mol. The molecular formula is C15H16FN3O2. The lowest BCUT2D eigenvalue weighted by Gasteiger charge is -2.22. The topological polar surface area (TPSA) is 68.5 Å². The molecule has 110 valence electrons. The molecule has 0 amide bonds. The van der Waals surface area contributed by atoms with Crippen molar-refractivity contribution in [1.82, 2.24) is 4.98 Å². The predicted octanol–water partition coefficient (Wildman–Crippen LogP) is 2.75. The van der Waals surface area contributed by atoms with E-state index in [4.69, 9.17) is 10.5 Å². The van der Waals surface area contributed by atoms with Crippen LogP contribution in [0.5, 0.6) is 0 Å². The van der Waals surface area contributed by atoms with E-state index >= 15 is 0 Å². The monoisotopic (exact) mass is 289 g/mol. The van der Waals surface area contributed by atoms with E-state index < -0.39 is 5.97 Å². The third-order valence-electron chi connectivity index (χ3n) is 3.06. The second-order valence-corrected chi connectivity index (χ2v) is 4.34. The number of hydrogen-bond donors (Lipinski definition) is 1. The molecule has 0 radical (unpaired) electrons. The van der Waals surface area contributed by atoms with Crippen molar-refractivity contribution in [2.45, 2.75) is 6.92 Å². The van der Waals surface area contributed by atoms with Gasteiger partial charge in [0.05, 0.1) is 24.6 Å². The molecule has 1 heterocycles. The summed E-state index contributed by atoms with van der Waals surface area (Å²) in [5, 5.41) is 0. The fourth-order valence-corrected chi connectivity index (χ4v) is 1.99. The molecule has 0 unspecified atom stereocenters. The third-order valence-corrected chi connectivity index (χ3v) is 3.06. The summed E-state index contributed by atoms with van der Waals surface area (Å²) in [7, 11) is 1.29. The summed E-state index contributed by atoms with van der Waals surface area (Å²) in [5.74, 6) is -0.291. The largest absolute Gasteiger partial charge is 0.465 e. The van der Waals surface area contributed by atoms with Crippen LogP contribution in [0.4, 0.5) is 21.6 Å². The van der Waals surface area contributed by atoms with Crippen LogP contribution in [0.1, 0.15) is 17.3 Å². The van der Waals surface area contributed by atoms with Gasteiger partial charge < -0.3 is 15.4 Å². The number of carbonyl (C=O) groups excluding carboxylic acids is 1. The molecule has 1 aromatic carbocycles. The highest BCUT2D eigenvalue weighted by atomic mass is 19.1. The van der Waals surface area contributed by atoms with Crippen LogP contribution in [0, 0.1) is 5.82 Å². The third kappa shape index (κ3) is 3.10. The van der Waals surface area contributed by atoms with Crippen molar-refractivity contribution in [3.05, 3.63) is 47.9 Å². The number of hydrogen-bond acceptors (Lipinski definition) is 5. The van der Waals surface area contributed by atoms with Crippen LogP contribution in [-0.4, -0.2) is 24.6 Å². The van der Waals surface area contributed by atoms with E-state index in [9.17, 15) is 9.18 Å². The Morgan fingerprint density at radius 1 is 1.38 bits per heavy atom. The molecule has 6 heteroatoms. The first-order valence-corrected chi connectivity index (χ1v) is 6.43. The average molecular weight is 289 g/mol. The number of esters is 1. The minimum Gasteiger partial charge on any atom is -0.465 e. The molecule has 0 bridgehead atoms. The van der Waals surface area contributed by atoms with Gasteiger partial charge in [-0.05, 0) is 37.3 Å². The summed E-state index contributed by atoms with van der Waals surface area (Å²) in [6.45, 7) is 2.53. The van der Waals surface area contributed by atoms with Crippen LogP contribution in [0.2, 0.25) is 0 Å². The first-order valence-electron chi connectivity index (χ1n) is 6.43. The van der Waals surface area contributed by atoms with Crippen LogP contribution in [0.25, 0.3) is 0 Å². The van der Waals surface area contributed by atoms with E-state index in [2.05, 4.69) is 4.98 Å². The van der Waals surface area contributed by atoms with E-state index in [0.717, 1.165) is 5.69 Å². The van der Waals surface area contributed by atoms with E-state index in [0.29, 0.717) is 12.4 Å². The zero-order chi connectivity index (χ0) is 15.4. The number of rotatable bonds is 4. The number of ether oxygens (including phenoxy) is 1. The number of anilines is 3. The summed E-state index contributed by atoms with van der Waals surface area (Å²) in [5.41, 5.74) is 7.01. The van der Waals surface area contributed by atoms with Crippen LogP contribution in [0.15, 0.2) is 36.5 Å². The quantitative estimate of drug-likeness (QED) is 0.876. The van der Waals surface area contributed by atoms with Crippen LogP contribution >= 0.6 is 0 Å². The van der Waals surface area contributed by atoms with Crippen molar-refractivity contribution in [1.29, 1.82) is 0 Å². The number of aromatic nitrogens is 1. The van der Waals surface area contributed by atoms with Crippen molar-refractivity contribution >= 4 is 23.2 Å². The van der Waals surface area contributed by atoms with E-state index in [1.807, 2.05) is 11.8 Å². The average Bonchev–Trinajstić information content (AvgIpc) is 2.50. The Bertz CT molecular complexity index is 644. The van der Waals surface area contributed by atoms with Crippen LogP contribution in [-0.2, 0) is 4.74 Å². The minimum absolute atomic E-state index is 0.251. The second kappa shape index (κ2) is 6.21. The van der Waals surface area contributed by atoms with Crippen molar-refractivity contribution in [2.75, 3.05) is 24.3 Å². The smallest absolute Gasteiger partial charge is 0.340 e. The Labute approximate surface area is 122 Å². The number of methoxy groups -OCH3 is 1. The van der Waals surface area contributed by atoms with Gasteiger partial charge in [0, 0.05) is 12.2 Å². The highest BCUT2D eigenvalue weighted by Gasteiger charge is 2.15. The second-order valence-electron chi connectivity index (χ2n) is 4.34. The Morgan fingerprint density at radius 2 is 2.05 bits per heavy atom. The van der Waals surface area contributed by atoms with Gasteiger partial charge in [0.2, 0.25) is 0 Å². The van der Waals surface area contributed by atoms with Gasteiger partial charge in [-0.25, -0.2) is 14.2 Å². The van der Waals surface area contributed by atoms with Gasteiger partial charge in [-0.15, -0.1) is 0 Å². The van der Waals surface area contributed by atoms with Gasteiger partial charge in [0.15, 0.2) is 0 Å². The normalized spacial score (nSPS) is 10.2. The standard InChI is InChI=1S/C15H16FN3O2/c1-3-19(11-6-4-10(16)5-7-11)14-8-12(15(20)21-2)13(17)9-18-14/h4-9H,3,17H2,1-2H3. The summed E-state index contributed by atoms with van der Waals surface area (Å²) in [6, 6.07) is 7.60. The molecule has 0 aliphatic carbocycles. The summed E-state index contributed by atoms with van der Waals surface area (Å²) in [4.78, 5) is 17.7. The minimum atomic E-state index is -0.522. The first-order chi connectivity index (χ1) is 10.1. The molecule has 0 atom stereocenters. The lowest BCUT2D eigenvalue weighted by molar-refractivity contribution is 0.0602. The lowest BCUT2D eigenvalue weighted by atomic mass is 10.2. The van der Waals surface area contributed by atoms with Gasteiger partial charge in [0.1, 0.15) is 11.6 Å². The molecule has 0 saturated heterocycles. The summed E-state index contributed by atoms with van der Waals surface area (Å²) >= 11 is 0. The molecule has 1 aromatic heterocycles. The van der Waals surface area contributed by atoms with Crippen LogP contribution < -0.4 is 10.6 Å². The maximum Gasteiger partial charge on any atom is 0.340 e. The molecule has 2 rings (SSSR count). The van der Waals surface area contributed by atoms with E-state index in [1.54, 1.807) is 18.2 Å². The number of benzene rings is 1. The number of nitrogen functional groups attached to an aromatic ring is 1. The Morgan fingerprint density at radius 3 is 2.62 bits per heavy atom. The molecule has 0 aliphatic heterocycles. The molecular weight excluding hydrogens is 273 g/mol. The number of carbonyl (C=O) groups is 1. The van der Waals surface area contributed by atoms with Gasteiger partial charge in [-0.2, -0.15) is 0 Å². The molecule has 0 spiro atoms. The van der Waals surface area contributed by atoms with Gasteiger partial charge in [0.25, 0.3) is 0 Å². The molecule has 21 heavy (non-hydrogen) atoms. The van der Waals surface area contributed by atoms with Crippen molar-refractivity contribution in [3.63, 3.8) is 0 Å². The Kier molecular flexibility index (Phi) is 4.37. The first kappa shape index (κ1) is 14.8. The summed E-state index contributed by atoms with van der Waals surface area (Å²) in [6.07, 6.45) is 1.41. The maximum atomic E-state index is 13.0. The zero-order valence-corrected chi connectivity index (χ0v) is 11.8. The Balaban J connectivity index is 2.43. The molecule has 2 N–H and O–H groups in total. The van der Waals surface area contributed by atoms with Gasteiger partial charge in [-0.1, -0.05) is 0 Å².